The summed E-state index contributed by atoms with van der Waals surface area (Å²) in [4.78, 5) is 14.1. The summed E-state index contributed by atoms with van der Waals surface area (Å²) in [5, 5.41) is 9.49. The summed E-state index contributed by atoms with van der Waals surface area (Å²) in [6.45, 7) is 2.34. The van der Waals surface area contributed by atoms with Crippen LogP contribution in [0.3, 0.4) is 0 Å². The molecule has 0 aromatic heterocycles. The van der Waals surface area contributed by atoms with Gasteiger partial charge in [0.2, 0.25) is 0 Å². The molecule has 1 aliphatic heterocycles. The van der Waals surface area contributed by atoms with Crippen LogP contribution in [0.4, 0.5) is 5.69 Å². The van der Waals surface area contributed by atoms with Crippen LogP contribution in [-0.2, 0) is 6.54 Å². The summed E-state index contributed by atoms with van der Waals surface area (Å²) < 4.78 is 0. The Labute approximate surface area is 112 Å². The maximum Gasteiger partial charge on any atom is 0.258 e. The molecule has 1 aliphatic rings. The average Bonchev–Trinajstić information content (AvgIpc) is 2.77. The second-order valence-corrected chi connectivity index (χ2v) is 4.82. The summed E-state index contributed by atoms with van der Waals surface area (Å²) in [6, 6.07) is 15.2. The van der Waals surface area contributed by atoms with Gasteiger partial charge in [0.05, 0.1) is 12.6 Å². The van der Waals surface area contributed by atoms with Crippen molar-refractivity contribution in [3.05, 3.63) is 65.2 Å². The highest BCUT2D eigenvalue weighted by atomic mass is 16.3. The predicted molar refractivity (Wildman–Crippen MR) is 74.0 cm³/mol. The average molecular weight is 253 g/mol. The maximum absolute atomic E-state index is 12.3. The Hall–Kier alpha value is -2.13. The SMILES string of the molecule is C[C@H](O)c1ccc(N2Cc3ccccc3C2=O)cc1. The number of carbonyl (C=O) groups excluding carboxylic acids is 1. The Balaban J connectivity index is 1.91. The molecule has 0 radical (unpaired) electrons. The highest BCUT2D eigenvalue weighted by Gasteiger charge is 2.27. The number of rotatable bonds is 2. The number of aliphatic hydroxyl groups excluding tert-OH is 1. The number of fused-ring (bicyclic) bond motifs is 1. The van der Waals surface area contributed by atoms with Crippen LogP contribution < -0.4 is 4.90 Å². The van der Waals surface area contributed by atoms with E-state index < -0.39 is 6.10 Å². The molecule has 19 heavy (non-hydrogen) atoms. The van der Waals surface area contributed by atoms with E-state index in [9.17, 15) is 9.90 Å². The van der Waals surface area contributed by atoms with Gasteiger partial charge in [0.1, 0.15) is 0 Å². The van der Waals surface area contributed by atoms with E-state index in [1.165, 1.54) is 0 Å². The van der Waals surface area contributed by atoms with Crippen molar-refractivity contribution < 1.29 is 9.90 Å². The Bertz CT molecular complexity index is 617. The lowest BCUT2D eigenvalue weighted by Gasteiger charge is -2.16. The van der Waals surface area contributed by atoms with Crippen LogP contribution in [0.2, 0.25) is 0 Å². The van der Waals surface area contributed by atoms with Gasteiger partial charge in [-0.05, 0) is 36.2 Å². The lowest BCUT2D eigenvalue weighted by molar-refractivity contribution is 0.0996. The van der Waals surface area contributed by atoms with Crippen molar-refractivity contribution in [1.82, 2.24) is 0 Å². The second-order valence-electron chi connectivity index (χ2n) is 4.82. The first kappa shape index (κ1) is 11.9. The molecule has 0 saturated heterocycles. The minimum atomic E-state index is -0.486. The van der Waals surface area contributed by atoms with E-state index >= 15 is 0 Å². The number of nitrogens with zero attached hydrogens (tertiary/aromatic N) is 1. The predicted octanol–water partition coefficient (Wildman–Crippen LogP) is 2.90. The summed E-state index contributed by atoms with van der Waals surface area (Å²) in [6.07, 6.45) is -0.486. The molecule has 2 aromatic rings. The largest absolute Gasteiger partial charge is 0.389 e. The zero-order valence-corrected chi connectivity index (χ0v) is 10.7. The zero-order valence-electron chi connectivity index (χ0n) is 10.7. The summed E-state index contributed by atoms with van der Waals surface area (Å²) in [7, 11) is 0. The number of aliphatic hydroxyl groups is 1. The van der Waals surface area contributed by atoms with Crippen LogP contribution in [-0.4, -0.2) is 11.0 Å². The van der Waals surface area contributed by atoms with E-state index in [-0.39, 0.29) is 5.91 Å². The van der Waals surface area contributed by atoms with Gasteiger partial charge in [0, 0.05) is 11.3 Å². The Kier molecular flexibility index (Phi) is 2.84. The molecule has 0 bridgehead atoms. The van der Waals surface area contributed by atoms with Crippen LogP contribution in [0, 0.1) is 0 Å². The third kappa shape index (κ3) is 2.02. The van der Waals surface area contributed by atoms with Gasteiger partial charge in [-0.1, -0.05) is 30.3 Å². The number of amides is 1. The van der Waals surface area contributed by atoms with Crippen molar-refractivity contribution in [3.63, 3.8) is 0 Å². The van der Waals surface area contributed by atoms with Crippen molar-refractivity contribution in [2.45, 2.75) is 19.6 Å². The molecule has 3 heteroatoms. The molecular formula is C16H15NO2. The third-order valence-electron chi connectivity index (χ3n) is 3.51. The Morgan fingerprint density at radius 1 is 1.11 bits per heavy atom. The molecule has 0 saturated carbocycles. The molecule has 3 rings (SSSR count). The van der Waals surface area contributed by atoms with Gasteiger partial charge in [0.25, 0.3) is 5.91 Å². The number of carbonyl (C=O) groups is 1. The van der Waals surface area contributed by atoms with Gasteiger partial charge in [-0.2, -0.15) is 0 Å². The molecule has 2 aromatic carbocycles. The van der Waals surface area contributed by atoms with E-state index in [1.807, 2.05) is 48.5 Å². The van der Waals surface area contributed by atoms with Crippen LogP contribution in [0.1, 0.15) is 34.5 Å². The Morgan fingerprint density at radius 3 is 2.42 bits per heavy atom. The fourth-order valence-corrected chi connectivity index (χ4v) is 2.40. The fourth-order valence-electron chi connectivity index (χ4n) is 2.40. The highest BCUT2D eigenvalue weighted by molar-refractivity contribution is 6.09. The van der Waals surface area contributed by atoms with Gasteiger partial charge in [-0.3, -0.25) is 4.79 Å². The van der Waals surface area contributed by atoms with E-state index in [0.29, 0.717) is 6.54 Å². The molecular weight excluding hydrogens is 238 g/mol. The number of hydrogen-bond acceptors (Lipinski definition) is 2. The van der Waals surface area contributed by atoms with Gasteiger partial charge in [-0.25, -0.2) is 0 Å². The normalized spacial score (nSPS) is 15.5. The molecule has 1 N–H and O–H groups in total. The van der Waals surface area contributed by atoms with Gasteiger partial charge in [0.15, 0.2) is 0 Å². The summed E-state index contributed by atoms with van der Waals surface area (Å²) in [5.74, 6) is 0.0420. The number of anilines is 1. The number of hydrogen-bond donors (Lipinski definition) is 1. The zero-order chi connectivity index (χ0) is 13.4. The fraction of sp³-hybridized carbons (Fsp3) is 0.188. The molecule has 0 spiro atoms. The molecule has 1 amide bonds. The molecule has 0 unspecified atom stereocenters. The van der Waals surface area contributed by atoms with Crippen LogP contribution >= 0.6 is 0 Å². The minimum absolute atomic E-state index is 0.0420. The van der Waals surface area contributed by atoms with Crippen LogP contribution in [0.15, 0.2) is 48.5 Å². The Morgan fingerprint density at radius 2 is 1.79 bits per heavy atom. The molecule has 3 nitrogen and oxygen atoms in total. The minimum Gasteiger partial charge on any atom is -0.389 e. The first-order valence-corrected chi connectivity index (χ1v) is 6.34. The first-order chi connectivity index (χ1) is 9.16. The van der Waals surface area contributed by atoms with Crippen molar-refractivity contribution in [3.8, 4) is 0 Å². The summed E-state index contributed by atoms with van der Waals surface area (Å²) in [5.41, 5.74) is 3.56. The quantitative estimate of drug-likeness (QED) is 0.894. The standard InChI is InChI=1S/C16H15NO2/c1-11(18)12-6-8-14(9-7-12)17-10-13-4-2-3-5-15(13)16(17)19/h2-9,11,18H,10H2,1H3/t11-/m0/s1. The molecule has 1 atom stereocenters. The van der Waals surface area contributed by atoms with Crippen LogP contribution in [0.25, 0.3) is 0 Å². The molecule has 0 aliphatic carbocycles. The maximum atomic E-state index is 12.3. The van der Waals surface area contributed by atoms with Gasteiger partial charge in [-0.15, -0.1) is 0 Å². The van der Waals surface area contributed by atoms with Crippen molar-refractivity contribution in [1.29, 1.82) is 0 Å². The monoisotopic (exact) mass is 253 g/mol. The van der Waals surface area contributed by atoms with Gasteiger partial charge >= 0.3 is 0 Å². The number of benzene rings is 2. The highest BCUT2D eigenvalue weighted by Crippen LogP contribution is 2.28. The van der Waals surface area contributed by atoms with E-state index in [2.05, 4.69) is 0 Å². The van der Waals surface area contributed by atoms with E-state index in [4.69, 9.17) is 0 Å². The van der Waals surface area contributed by atoms with E-state index in [0.717, 1.165) is 22.4 Å². The van der Waals surface area contributed by atoms with Crippen molar-refractivity contribution in [2.24, 2.45) is 0 Å². The smallest absolute Gasteiger partial charge is 0.258 e. The lowest BCUT2D eigenvalue weighted by Crippen LogP contribution is -2.22. The molecule has 0 fully saturated rings. The third-order valence-corrected chi connectivity index (χ3v) is 3.51. The van der Waals surface area contributed by atoms with Gasteiger partial charge < -0.3 is 10.0 Å². The second kappa shape index (κ2) is 4.52. The summed E-state index contributed by atoms with van der Waals surface area (Å²) >= 11 is 0. The van der Waals surface area contributed by atoms with E-state index in [1.54, 1.807) is 11.8 Å². The first-order valence-electron chi connectivity index (χ1n) is 6.34. The lowest BCUT2D eigenvalue weighted by atomic mass is 10.1. The van der Waals surface area contributed by atoms with Crippen molar-refractivity contribution >= 4 is 11.6 Å². The molecule has 96 valence electrons. The van der Waals surface area contributed by atoms with Crippen molar-refractivity contribution in [2.75, 3.05) is 4.90 Å². The topological polar surface area (TPSA) is 40.5 Å². The van der Waals surface area contributed by atoms with Crippen LogP contribution in [0.5, 0.6) is 0 Å². The molecule has 1 heterocycles.